The van der Waals surface area contributed by atoms with Crippen LogP contribution in [0.2, 0.25) is 0 Å². The van der Waals surface area contributed by atoms with E-state index in [0.717, 1.165) is 72.7 Å². The molecule has 3 heterocycles. The van der Waals surface area contributed by atoms with E-state index in [4.69, 9.17) is 4.74 Å². The number of aryl methyl sites for hydroxylation is 2. The van der Waals surface area contributed by atoms with Gasteiger partial charge in [0.15, 0.2) is 0 Å². The van der Waals surface area contributed by atoms with Crippen molar-refractivity contribution in [1.82, 2.24) is 9.47 Å². The largest absolute Gasteiger partial charge is 0.497 e. The molecule has 1 aromatic heterocycles. The molecule has 0 N–H and O–H groups in total. The Balaban J connectivity index is 1.64. The van der Waals surface area contributed by atoms with Crippen LogP contribution in [0.15, 0.2) is 35.1 Å². The number of anilines is 4. The number of likely N-dealkylation sites (N-methyl/N-ethyl adjacent to an activating group) is 1. The van der Waals surface area contributed by atoms with Gasteiger partial charge < -0.3 is 28.9 Å². The molecule has 5 rings (SSSR count). The summed E-state index contributed by atoms with van der Waals surface area (Å²) in [5.41, 5.74) is 6.30. The topological polar surface area (TPSA) is 68.0 Å². The highest BCUT2D eigenvalue weighted by molar-refractivity contribution is 5.98. The van der Waals surface area contributed by atoms with Crippen LogP contribution in [0, 0.1) is 18.3 Å². The Morgan fingerprint density at radius 3 is 2.32 bits per heavy atom. The lowest BCUT2D eigenvalue weighted by atomic mass is 10.00. The van der Waals surface area contributed by atoms with Crippen molar-refractivity contribution in [3.8, 4) is 11.8 Å². The number of rotatable bonds is 4. The van der Waals surface area contributed by atoms with Crippen molar-refractivity contribution < 1.29 is 4.74 Å². The Bertz CT molecular complexity index is 1450. The second-order valence-corrected chi connectivity index (χ2v) is 10.5. The minimum atomic E-state index is -0.0140. The second kappa shape index (κ2) is 9.64. The molecule has 0 atom stereocenters. The number of ether oxygens (including phenoxy) is 1. The maximum absolute atomic E-state index is 12.7. The molecule has 194 valence electrons. The van der Waals surface area contributed by atoms with Crippen LogP contribution in [-0.2, 0) is 7.05 Å². The molecule has 37 heavy (non-hydrogen) atoms. The molecule has 2 aliphatic heterocycles. The smallest absolute Gasteiger partial charge is 0.253 e. The van der Waals surface area contributed by atoms with E-state index in [0.29, 0.717) is 22.9 Å². The van der Waals surface area contributed by atoms with Crippen LogP contribution in [0.1, 0.15) is 24.0 Å². The van der Waals surface area contributed by atoms with Crippen LogP contribution in [-0.4, -0.2) is 69.9 Å². The summed E-state index contributed by atoms with van der Waals surface area (Å²) in [6, 6.07) is 13.2. The number of hydrogen-bond donors (Lipinski definition) is 0. The molecular weight excluding hydrogens is 464 g/mol. The van der Waals surface area contributed by atoms with Gasteiger partial charge in [0.25, 0.3) is 5.56 Å². The predicted molar refractivity (Wildman–Crippen MR) is 151 cm³/mol. The van der Waals surface area contributed by atoms with Gasteiger partial charge in [-0.2, -0.15) is 5.26 Å². The summed E-state index contributed by atoms with van der Waals surface area (Å²) in [5, 5.41) is 11.2. The molecule has 3 aromatic rings. The summed E-state index contributed by atoms with van der Waals surface area (Å²) in [7, 11) is 9.85. The lowest BCUT2D eigenvalue weighted by Crippen LogP contribution is -2.42. The first kappa shape index (κ1) is 25.0. The second-order valence-electron chi connectivity index (χ2n) is 10.5. The quantitative estimate of drug-likeness (QED) is 0.539. The van der Waals surface area contributed by atoms with Crippen LogP contribution in [0.3, 0.4) is 0 Å². The van der Waals surface area contributed by atoms with E-state index in [1.54, 1.807) is 18.7 Å². The van der Waals surface area contributed by atoms with E-state index in [1.165, 1.54) is 0 Å². The van der Waals surface area contributed by atoms with Crippen LogP contribution in [0.5, 0.6) is 5.75 Å². The van der Waals surface area contributed by atoms with Gasteiger partial charge in [-0.25, -0.2) is 0 Å². The standard InChI is InChI=1S/C29H36N6O2/c1-19-13-23-25(33(5)29(19)36)15-22(37-6)16-26(23)35-12-11-32(4)27-17-24(20(18-30)14-28(27)35)34-9-7-21(8-10-34)31(2)3/h13-17,21H,7-12H2,1-6H3. The van der Waals surface area contributed by atoms with Gasteiger partial charge in [-0.05, 0) is 52.1 Å². The summed E-state index contributed by atoms with van der Waals surface area (Å²) in [6.45, 7) is 5.33. The van der Waals surface area contributed by atoms with Crippen LogP contribution >= 0.6 is 0 Å². The van der Waals surface area contributed by atoms with Crippen LogP contribution < -0.4 is 25.0 Å². The van der Waals surface area contributed by atoms with Crippen molar-refractivity contribution in [2.24, 2.45) is 7.05 Å². The molecule has 8 nitrogen and oxygen atoms in total. The number of hydrogen-bond acceptors (Lipinski definition) is 7. The Morgan fingerprint density at radius 2 is 1.68 bits per heavy atom. The van der Waals surface area contributed by atoms with E-state index < -0.39 is 0 Å². The van der Waals surface area contributed by atoms with E-state index in [-0.39, 0.29) is 5.56 Å². The number of methoxy groups -OCH3 is 1. The van der Waals surface area contributed by atoms with Gasteiger partial charge in [-0.15, -0.1) is 0 Å². The number of benzene rings is 2. The van der Waals surface area contributed by atoms with Crippen molar-refractivity contribution >= 4 is 33.7 Å². The Morgan fingerprint density at radius 1 is 0.946 bits per heavy atom. The Hall–Kier alpha value is -3.70. The summed E-state index contributed by atoms with van der Waals surface area (Å²) >= 11 is 0. The average molecular weight is 501 g/mol. The maximum atomic E-state index is 12.7. The highest BCUT2D eigenvalue weighted by Crippen LogP contribution is 2.44. The molecule has 0 amide bonds. The molecule has 0 saturated carbocycles. The molecule has 8 heteroatoms. The number of fused-ring (bicyclic) bond motifs is 2. The Labute approximate surface area is 218 Å². The molecule has 0 radical (unpaired) electrons. The van der Waals surface area contributed by atoms with E-state index in [9.17, 15) is 10.1 Å². The van der Waals surface area contributed by atoms with Gasteiger partial charge in [0.1, 0.15) is 11.8 Å². The molecule has 0 unspecified atom stereocenters. The van der Waals surface area contributed by atoms with E-state index >= 15 is 0 Å². The first-order valence-electron chi connectivity index (χ1n) is 12.9. The van der Waals surface area contributed by atoms with Crippen molar-refractivity contribution in [3.63, 3.8) is 0 Å². The normalized spacial score (nSPS) is 16.3. The predicted octanol–water partition coefficient (Wildman–Crippen LogP) is 3.85. The Kier molecular flexibility index (Phi) is 6.50. The molecule has 2 aliphatic rings. The van der Waals surface area contributed by atoms with E-state index in [2.05, 4.69) is 52.9 Å². The third kappa shape index (κ3) is 4.27. The van der Waals surface area contributed by atoms with Crippen LogP contribution in [0.25, 0.3) is 10.9 Å². The zero-order valence-electron chi connectivity index (χ0n) is 22.7. The van der Waals surface area contributed by atoms with Gasteiger partial charge in [-0.1, -0.05) is 0 Å². The summed E-state index contributed by atoms with van der Waals surface area (Å²) < 4.78 is 7.33. The zero-order chi connectivity index (χ0) is 26.4. The molecule has 2 aromatic carbocycles. The van der Waals surface area contributed by atoms with Crippen molar-refractivity contribution in [1.29, 1.82) is 5.26 Å². The molecule has 0 aliphatic carbocycles. The fourth-order valence-corrected chi connectivity index (χ4v) is 5.82. The first-order chi connectivity index (χ1) is 17.7. The van der Waals surface area contributed by atoms with Crippen molar-refractivity contribution in [2.45, 2.75) is 25.8 Å². The maximum Gasteiger partial charge on any atom is 0.253 e. The van der Waals surface area contributed by atoms with Gasteiger partial charge in [0.2, 0.25) is 0 Å². The number of nitriles is 1. The third-order valence-electron chi connectivity index (χ3n) is 8.11. The zero-order valence-corrected chi connectivity index (χ0v) is 22.7. The molecule has 0 spiro atoms. The number of aromatic nitrogens is 1. The number of nitrogens with zero attached hydrogens (tertiary/aromatic N) is 6. The van der Waals surface area contributed by atoms with Gasteiger partial charge in [0.05, 0.1) is 40.9 Å². The summed E-state index contributed by atoms with van der Waals surface area (Å²) in [5.74, 6) is 0.697. The van der Waals surface area contributed by atoms with Gasteiger partial charge >= 0.3 is 0 Å². The minimum absolute atomic E-state index is 0.0140. The lowest BCUT2D eigenvalue weighted by Gasteiger charge is -2.40. The molecule has 1 fully saturated rings. The van der Waals surface area contributed by atoms with Gasteiger partial charge in [0, 0.05) is 69.4 Å². The van der Waals surface area contributed by atoms with Crippen molar-refractivity contribution in [2.75, 3.05) is 69.1 Å². The SMILES string of the molecule is COc1cc(N2CCN(C)c3cc(N4CCC(N(C)C)CC4)c(C#N)cc32)c2cc(C)c(=O)n(C)c2c1. The highest BCUT2D eigenvalue weighted by atomic mass is 16.5. The molecular formula is C29H36N6O2. The monoisotopic (exact) mass is 500 g/mol. The average Bonchev–Trinajstić information content (AvgIpc) is 2.91. The number of pyridine rings is 1. The lowest BCUT2D eigenvalue weighted by molar-refractivity contribution is 0.249. The fraction of sp³-hybridized carbons (Fsp3) is 0.448. The molecule has 1 saturated heterocycles. The first-order valence-corrected chi connectivity index (χ1v) is 12.9. The highest BCUT2D eigenvalue weighted by Gasteiger charge is 2.29. The minimum Gasteiger partial charge on any atom is -0.497 e. The van der Waals surface area contributed by atoms with Crippen molar-refractivity contribution in [3.05, 3.63) is 51.8 Å². The summed E-state index contributed by atoms with van der Waals surface area (Å²) in [6.07, 6.45) is 2.18. The summed E-state index contributed by atoms with van der Waals surface area (Å²) in [4.78, 5) is 21.9. The third-order valence-corrected chi connectivity index (χ3v) is 8.11. The van der Waals surface area contributed by atoms with Gasteiger partial charge in [-0.3, -0.25) is 4.79 Å². The fourth-order valence-electron chi connectivity index (χ4n) is 5.82. The van der Waals surface area contributed by atoms with E-state index in [1.807, 2.05) is 31.2 Å². The van der Waals surface area contributed by atoms with Crippen LogP contribution in [0.4, 0.5) is 22.7 Å². The number of piperidine rings is 1. The molecule has 0 bridgehead atoms.